The van der Waals surface area contributed by atoms with E-state index in [1.54, 1.807) is 0 Å². The Kier molecular flexibility index (Phi) is 7.18. The van der Waals surface area contributed by atoms with Gasteiger partial charge in [0.15, 0.2) is 0 Å². The molecule has 0 spiro atoms. The van der Waals surface area contributed by atoms with Crippen LogP contribution in [0.15, 0.2) is 42.5 Å². The average Bonchev–Trinajstić information content (AvgIpc) is 2.68. The highest BCUT2D eigenvalue weighted by atomic mass is 35.5. The molecule has 1 amide bonds. The van der Waals surface area contributed by atoms with E-state index in [1.165, 1.54) is 5.69 Å². The number of nitrogens with zero attached hydrogens (tertiary/aromatic N) is 2. The number of rotatable bonds is 7. The summed E-state index contributed by atoms with van der Waals surface area (Å²) in [7, 11) is 2.15. The lowest BCUT2D eigenvalue weighted by Gasteiger charge is -2.34. The summed E-state index contributed by atoms with van der Waals surface area (Å²) < 4.78 is 5.74. The van der Waals surface area contributed by atoms with E-state index < -0.39 is 0 Å². The minimum Gasteiger partial charge on any atom is -0.493 e. The Labute approximate surface area is 172 Å². The molecule has 0 saturated carbocycles. The summed E-state index contributed by atoms with van der Waals surface area (Å²) >= 11 is 5.94. The van der Waals surface area contributed by atoms with Crippen molar-refractivity contribution in [3.8, 4) is 5.75 Å². The van der Waals surface area contributed by atoms with E-state index in [2.05, 4.69) is 34.3 Å². The number of hydrogen-bond acceptors (Lipinski definition) is 4. The van der Waals surface area contributed by atoms with Gasteiger partial charge in [0.1, 0.15) is 5.75 Å². The van der Waals surface area contributed by atoms with Crippen LogP contribution in [0.3, 0.4) is 0 Å². The minimum absolute atomic E-state index is 0.00350. The number of piperazine rings is 1. The van der Waals surface area contributed by atoms with E-state index in [0.29, 0.717) is 24.5 Å². The van der Waals surface area contributed by atoms with Gasteiger partial charge in [-0.2, -0.15) is 0 Å². The van der Waals surface area contributed by atoms with Crippen LogP contribution in [0.2, 0.25) is 5.02 Å². The molecule has 1 aliphatic heterocycles. The fourth-order valence-electron chi connectivity index (χ4n) is 3.23. The van der Waals surface area contributed by atoms with Crippen molar-refractivity contribution >= 4 is 28.9 Å². The Morgan fingerprint density at radius 2 is 1.82 bits per heavy atom. The zero-order chi connectivity index (χ0) is 19.9. The number of carbonyl (C=O) groups excluding carboxylic acids is 1. The minimum atomic E-state index is 0.00350. The molecule has 3 rings (SSSR count). The summed E-state index contributed by atoms with van der Waals surface area (Å²) in [6, 6.07) is 13.6. The molecule has 0 aliphatic carbocycles. The van der Waals surface area contributed by atoms with Crippen molar-refractivity contribution in [1.29, 1.82) is 0 Å². The van der Waals surface area contributed by atoms with Crippen LogP contribution < -0.4 is 15.0 Å². The molecule has 0 bridgehead atoms. The molecule has 1 N–H and O–H groups in total. The van der Waals surface area contributed by atoms with E-state index in [-0.39, 0.29) is 5.91 Å². The number of nitrogens with one attached hydrogen (secondary N) is 1. The first kappa shape index (κ1) is 20.5. The molecule has 0 unspecified atom stereocenters. The van der Waals surface area contributed by atoms with Crippen LogP contribution in [0.4, 0.5) is 11.4 Å². The molecule has 2 aromatic rings. The first-order valence-corrected chi connectivity index (χ1v) is 10.1. The zero-order valence-electron chi connectivity index (χ0n) is 16.6. The van der Waals surface area contributed by atoms with Crippen LogP contribution in [0.25, 0.3) is 0 Å². The van der Waals surface area contributed by atoms with Gasteiger partial charge < -0.3 is 19.9 Å². The van der Waals surface area contributed by atoms with Crippen molar-refractivity contribution in [2.75, 3.05) is 50.1 Å². The third-order valence-corrected chi connectivity index (χ3v) is 5.20. The number of halogens is 1. The number of carbonyl (C=O) groups is 1. The van der Waals surface area contributed by atoms with Gasteiger partial charge in [-0.1, -0.05) is 11.6 Å². The molecule has 1 fully saturated rings. The van der Waals surface area contributed by atoms with Crippen LogP contribution in [0, 0.1) is 6.92 Å². The predicted molar refractivity (Wildman–Crippen MR) is 116 cm³/mol. The number of hydrogen-bond donors (Lipinski definition) is 1. The first-order chi connectivity index (χ1) is 13.5. The Balaban J connectivity index is 1.39. The predicted octanol–water partition coefficient (Wildman–Crippen LogP) is 4.20. The second-order valence-corrected chi connectivity index (χ2v) is 7.68. The van der Waals surface area contributed by atoms with E-state index in [4.69, 9.17) is 16.3 Å². The molecule has 28 heavy (non-hydrogen) atoms. The standard InChI is InChI=1S/C22H28ClN3O2/c1-17-16-18(23)5-10-21(17)28-15-3-4-22(27)24-19-6-8-20(9-7-19)26-13-11-25(2)12-14-26/h5-10,16H,3-4,11-15H2,1-2H3,(H,24,27). The Morgan fingerprint density at radius 3 is 2.50 bits per heavy atom. The summed E-state index contributed by atoms with van der Waals surface area (Å²) in [5.74, 6) is 0.813. The molecule has 0 radical (unpaired) electrons. The van der Waals surface area contributed by atoms with Crippen LogP contribution in [0.5, 0.6) is 5.75 Å². The summed E-state index contributed by atoms with van der Waals surface area (Å²) in [5.41, 5.74) is 3.03. The van der Waals surface area contributed by atoms with Crippen molar-refractivity contribution < 1.29 is 9.53 Å². The van der Waals surface area contributed by atoms with Crippen LogP contribution in [-0.2, 0) is 4.79 Å². The number of likely N-dealkylation sites (N-methyl/N-ethyl adjacent to an activating group) is 1. The second-order valence-electron chi connectivity index (χ2n) is 7.25. The van der Waals surface area contributed by atoms with Crippen LogP contribution >= 0.6 is 11.6 Å². The molecule has 2 aromatic carbocycles. The number of benzene rings is 2. The lowest BCUT2D eigenvalue weighted by molar-refractivity contribution is -0.116. The van der Waals surface area contributed by atoms with E-state index in [0.717, 1.165) is 43.2 Å². The maximum Gasteiger partial charge on any atom is 0.224 e. The van der Waals surface area contributed by atoms with E-state index >= 15 is 0 Å². The van der Waals surface area contributed by atoms with Crippen molar-refractivity contribution in [2.24, 2.45) is 0 Å². The number of anilines is 2. The Morgan fingerprint density at radius 1 is 1.11 bits per heavy atom. The maximum atomic E-state index is 12.2. The highest BCUT2D eigenvalue weighted by Crippen LogP contribution is 2.22. The Hall–Kier alpha value is -2.24. The molecule has 1 aliphatic rings. The molecule has 0 atom stereocenters. The number of aryl methyl sites for hydroxylation is 1. The SMILES string of the molecule is Cc1cc(Cl)ccc1OCCCC(=O)Nc1ccc(N2CCN(C)CC2)cc1. The monoisotopic (exact) mass is 401 g/mol. The summed E-state index contributed by atoms with van der Waals surface area (Å²) in [4.78, 5) is 16.9. The average molecular weight is 402 g/mol. The topological polar surface area (TPSA) is 44.8 Å². The molecule has 150 valence electrons. The zero-order valence-corrected chi connectivity index (χ0v) is 17.3. The fourth-order valence-corrected chi connectivity index (χ4v) is 3.46. The lowest BCUT2D eigenvalue weighted by Crippen LogP contribution is -2.44. The summed E-state index contributed by atoms with van der Waals surface area (Å²) in [5, 5.41) is 3.66. The molecular weight excluding hydrogens is 374 g/mol. The molecular formula is C22H28ClN3O2. The molecule has 5 nitrogen and oxygen atoms in total. The van der Waals surface area contributed by atoms with Crippen molar-refractivity contribution in [3.63, 3.8) is 0 Å². The van der Waals surface area contributed by atoms with Gasteiger partial charge >= 0.3 is 0 Å². The van der Waals surface area contributed by atoms with Gasteiger partial charge in [0.05, 0.1) is 6.61 Å². The molecule has 1 saturated heterocycles. The highest BCUT2D eigenvalue weighted by molar-refractivity contribution is 6.30. The van der Waals surface area contributed by atoms with Crippen molar-refractivity contribution in [3.05, 3.63) is 53.1 Å². The summed E-state index contributed by atoms with van der Waals surface area (Å²) in [6.45, 7) is 6.69. The second kappa shape index (κ2) is 9.80. The van der Waals surface area contributed by atoms with Gasteiger partial charge in [-0.3, -0.25) is 4.79 Å². The van der Waals surface area contributed by atoms with Gasteiger partial charge in [0.2, 0.25) is 5.91 Å². The normalized spacial score (nSPS) is 14.8. The number of amides is 1. The van der Waals surface area contributed by atoms with Crippen LogP contribution in [-0.4, -0.2) is 50.6 Å². The van der Waals surface area contributed by atoms with Gasteiger partial charge in [0.25, 0.3) is 0 Å². The molecule has 0 aromatic heterocycles. The largest absolute Gasteiger partial charge is 0.493 e. The van der Waals surface area contributed by atoms with Crippen LogP contribution in [0.1, 0.15) is 18.4 Å². The van der Waals surface area contributed by atoms with E-state index in [1.807, 2.05) is 37.3 Å². The first-order valence-electron chi connectivity index (χ1n) is 9.73. The smallest absolute Gasteiger partial charge is 0.224 e. The Bertz CT molecular complexity index is 787. The van der Waals surface area contributed by atoms with Crippen molar-refractivity contribution in [1.82, 2.24) is 4.90 Å². The van der Waals surface area contributed by atoms with Gasteiger partial charge in [0, 0.05) is 49.0 Å². The van der Waals surface area contributed by atoms with E-state index in [9.17, 15) is 4.79 Å². The summed E-state index contributed by atoms with van der Waals surface area (Å²) in [6.07, 6.45) is 1.08. The van der Waals surface area contributed by atoms with Crippen molar-refractivity contribution in [2.45, 2.75) is 19.8 Å². The van der Waals surface area contributed by atoms with Gasteiger partial charge in [-0.25, -0.2) is 0 Å². The quantitative estimate of drug-likeness (QED) is 0.706. The van der Waals surface area contributed by atoms with Gasteiger partial charge in [-0.15, -0.1) is 0 Å². The maximum absolute atomic E-state index is 12.2. The fraction of sp³-hybridized carbons (Fsp3) is 0.409. The molecule has 1 heterocycles. The lowest BCUT2D eigenvalue weighted by atomic mass is 10.2. The third kappa shape index (κ3) is 5.88. The van der Waals surface area contributed by atoms with Gasteiger partial charge in [-0.05, 0) is 68.4 Å². The highest BCUT2D eigenvalue weighted by Gasteiger charge is 2.14. The molecule has 6 heteroatoms. The third-order valence-electron chi connectivity index (χ3n) is 4.96. The number of ether oxygens (including phenoxy) is 1.